The van der Waals surface area contributed by atoms with Gasteiger partial charge in [-0.1, -0.05) is 6.07 Å². The number of hydrogen-bond donors (Lipinski definition) is 1. The number of likely N-dealkylation sites (tertiary alicyclic amines) is 1. The Morgan fingerprint density at radius 2 is 2.05 bits per heavy atom. The van der Waals surface area contributed by atoms with Crippen LogP contribution in [0.5, 0.6) is 0 Å². The van der Waals surface area contributed by atoms with E-state index in [0.717, 1.165) is 25.1 Å². The van der Waals surface area contributed by atoms with E-state index in [1.165, 1.54) is 6.07 Å². The van der Waals surface area contributed by atoms with E-state index in [1.54, 1.807) is 0 Å². The molecular weight excluding hydrogens is 260 g/mol. The first kappa shape index (κ1) is 14.3. The molecule has 19 heavy (non-hydrogen) atoms. The van der Waals surface area contributed by atoms with Crippen LogP contribution in [0, 0.1) is 5.82 Å². The van der Waals surface area contributed by atoms with Gasteiger partial charge in [0.2, 0.25) is 0 Å². The molecule has 106 valence electrons. The molecule has 1 fully saturated rings. The van der Waals surface area contributed by atoms with Crippen LogP contribution in [0.25, 0.3) is 0 Å². The summed E-state index contributed by atoms with van der Waals surface area (Å²) in [6, 6.07) is 3.31. The van der Waals surface area contributed by atoms with Crippen molar-refractivity contribution in [3.05, 3.63) is 35.1 Å². The Balaban J connectivity index is 2.18. The number of nitrogens with two attached hydrogens (primary N) is 1. The predicted molar refractivity (Wildman–Crippen MR) is 63.9 cm³/mol. The van der Waals surface area contributed by atoms with E-state index in [2.05, 4.69) is 0 Å². The quantitative estimate of drug-likeness (QED) is 0.842. The van der Waals surface area contributed by atoms with Crippen molar-refractivity contribution in [2.24, 2.45) is 5.73 Å². The molecule has 0 spiro atoms. The molecule has 0 amide bonds. The molecule has 2 N–H and O–H groups in total. The summed E-state index contributed by atoms with van der Waals surface area (Å²) in [6.07, 6.45) is -3.83. The fraction of sp³-hybridized carbons (Fsp3) is 0.538. The van der Waals surface area contributed by atoms with Crippen LogP contribution < -0.4 is 5.73 Å². The minimum absolute atomic E-state index is 0.0440. The molecule has 0 aliphatic carbocycles. The average Bonchev–Trinajstić information content (AvgIpc) is 2.62. The number of alkyl halides is 3. The molecule has 0 bridgehead atoms. The molecule has 1 aromatic carbocycles. The molecule has 0 radical (unpaired) electrons. The van der Waals surface area contributed by atoms with Crippen molar-refractivity contribution in [2.75, 3.05) is 6.54 Å². The molecule has 2 unspecified atom stereocenters. The Hall–Kier alpha value is -1.14. The van der Waals surface area contributed by atoms with E-state index >= 15 is 0 Å². The first-order chi connectivity index (χ1) is 8.79. The summed E-state index contributed by atoms with van der Waals surface area (Å²) < 4.78 is 51.0. The molecular formula is C13H16F4N2. The van der Waals surface area contributed by atoms with Gasteiger partial charge in [-0.2, -0.15) is 13.2 Å². The topological polar surface area (TPSA) is 29.3 Å². The van der Waals surface area contributed by atoms with E-state index in [1.807, 2.05) is 11.8 Å². The highest BCUT2D eigenvalue weighted by molar-refractivity contribution is 5.27. The Kier molecular flexibility index (Phi) is 3.82. The second-order valence-electron chi connectivity index (χ2n) is 4.98. The number of benzene rings is 1. The average molecular weight is 276 g/mol. The molecule has 2 rings (SSSR count). The van der Waals surface area contributed by atoms with Gasteiger partial charge in [-0.3, -0.25) is 4.90 Å². The van der Waals surface area contributed by atoms with Crippen molar-refractivity contribution in [3.63, 3.8) is 0 Å². The lowest BCUT2D eigenvalue weighted by Gasteiger charge is -2.23. The summed E-state index contributed by atoms with van der Waals surface area (Å²) in [5.74, 6) is -1.23. The van der Waals surface area contributed by atoms with E-state index < -0.39 is 17.6 Å². The fourth-order valence-electron chi connectivity index (χ4n) is 2.38. The van der Waals surface area contributed by atoms with Gasteiger partial charge in [0.1, 0.15) is 5.82 Å². The highest BCUT2D eigenvalue weighted by atomic mass is 19.4. The summed E-state index contributed by atoms with van der Waals surface area (Å²) in [5, 5.41) is 0. The maximum Gasteiger partial charge on any atom is 0.419 e. The first-order valence-corrected chi connectivity index (χ1v) is 6.14. The molecule has 1 aliphatic heterocycles. The van der Waals surface area contributed by atoms with E-state index in [4.69, 9.17) is 5.73 Å². The number of halogens is 4. The number of rotatable bonds is 2. The zero-order chi connectivity index (χ0) is 14.2. The predicted octanol–water partition coefficient (Wildman–Crippen LogP) is 2.77. The summed E-state index contributed by atoms with van der Waals surface area (Å²) in [4.78, 5) is 2.01. The van der Waals surface area contributed by atoms with Crippen LogP contribution in [0.3, 0.4) is 0 Å². The van der Waals surface area contributed by atoms with Crippen molar-refractivity contribution >= 4 is 0 Å². The minimum atomic E-state index is -4.66. The lowest BCUT2D eigenvalue weighted by molar-refractivity contribution is -0.140. The zero-order valence-electron chi connectivity index (χ0n) is 10.5. The van der Waals surface area contributed by atoms with Crippen LogP contribution in [0.2, 0.25) is 0 Å². The monoisotopic (exact) mass is 276 g/mol. The Morgan fingerprint density at radius 3 is 2.58 bits per heavy atom. The normalized spacial score (nSPS) is 24.9. The third-order valence-electron chi connectivity index (χ3n) is 3.67. The number of hydrogen-bond acceptors (Lipinski definition) is 2. The Morgan fingerprint density at radius 1 is 1.37 bits per heavy atom. The molecule has 6 heteroatoms. The van der Waals surface area contributed by atoms with Gasteiger partial charge in [0.25, 0.3) is 0 Å². The Labute approximate surface area is 109 Å². The molecule has 1 heterocycles. The van der Waals surface area contributed by atoms with E-state index in [0.29, 0.717) is 12.1 Å². The second kappa shape index (κ2) is 5.09. The lowest BCUT2D eigenvalue weighted by Crippen LogP contribution is -2.36. The van der Waals surface area contributed by atoms with Gasteiger partial charge in [-0.25, -0.2) is 4.39 Å². The van der Waals surface area contributed by atoms with Crippen LogP contribution in [-0.4, -0.2) is 23.5 Å². The highest BCUT2D eigenvalue weighted by Crippen LogP contribution is 2.32. The number of nitrogens with zero attached hydrogens (tertiary/aromatic N) is 1. The van der Waals surface area contributed by atoms with Crippen LogP contribution in [0.1, 0.15) is 24.5 Å². The van der Waals surface area contributed by atoms with Crippen LogP contribution in [0.15, 0.2) is 18.2 Å². The highest BCUT2D eigenvalue weighted by Gasteiger charge is 2.34. The minimum Gasteiger partial charge on any atom is -0.326 e. The van der Waals surface area contributed by atoms with Gasteiger partial charge in [0.05, 0.1) is 5.56 Å². The van der Waals surface area contributed by atoms with Crippen molar-refractivity contribution in [2.45, 2.75) is 38.1 Å². The van der Waals surface area contributed by atoms with E-state index in [9.17, 15) is 17.6 Å². The van der Waals surface area contributed by atoms with E-state index in [-0.39, 0.29) is 12.1 Å². The van der Waals surface area contributed by atoms with Crippen molar-refractivity contribution in [1.82, 2.24) is 4.90 Å². The molecule has 0 saturated carbocycles. The van der Waals surface area contributed by atoms with Gasteiger partial charge in [-0.15, -0.1) is 0 Å². The third-order valence-corrected chi connectivity index (χ3v) is 3.67. The zero-order valence-corrected chi connectivity index (χ0v) is 10.5. The van der Waals surface area contributed by atoms with Gasteiger partial charge >= 0.3 is 6.18 Å². The van der Waals surface area contributed by atoms with Crippen LogP contribution in [0.4, 0.5) is 17.6 Å². The standard InChI is InChI=1S/C13H16F4N2/c1-8-12(18)4-5-19(8)7-9-2-3-11(14)10(6-9)13(15,16)17/h2-3,6,8,12H,4-5,7,18H2,1H3. The fourth-order valence-corrected chi connectivity index (χ4v) is 2.38. The molecule has 2 atom stereocenters. The van der Waals surface area contributed by atoms with Crippen molar-refractivity contribution in [1.29, 1.82) is 0 Å². The molecule has 1 aliphatic rings. The lowest BCUT2D eigenvalue weighted by atomic mass is 10.1. The third kappa shape index (κ3) is 3.06. The van der Waals surface area contributed by atoms with Gasteiger partial charge in [-0.05, 0) is 31.0 Å². The summed E-state index contributed by atoms with van der Waals surface area (Å²) in [5.41, 5.74) is 5.11. The maximum atomic E-state index is 13.2. The molecule has 0 aromatic heterocycles. The van der Waals surface area contributed by atoms with Crippen LogP contribution >= 0.6 is 0 Å². The van der Waals surface area contributed by atoms with Crippen molar-refractivity contribution < 1.29 is 17.6 Å². The summed E-state index contributed by atoms with van der Waals surface area (Å²) in [7, 11) is 0. The first-order valence-electron chi connectivity index (χ1n) is 6.14. The smallest absolute Gasteiger partial charge is 0.326 e. The largest absolute Gasteiger partial charge is 0.419 e. The molecule has 2 nitrogen and oxygen atoms in total. The van der Waals surface area contributed by atoms with Crippen LogP contribution in [-0.2, 0) is 12.7 Å². The Bertz CT molecular complexity index is 458. The van der Waals surface area contributed by atoms with Gasteiger partial charge < -0.3 is 5.73 Å². The van der Waals surface area contributed by atoms with Crippen molar-refractivity contribution in [3.8, 4) is 0 Å². The second-order valence-corrected chi connectivity index (χ2v) is 4.98. The van der Waals surface area contributed by atoms with Gasteiger partial charge in [0, 0.05) is 25.2 Å². The van der Waals surface area contributed by atoms with Gasteiger partial charge in [0.15, 0.2) is 0 Å². The summed E-state index contributed by atoms with van der Waals surface area (Å²) in [6.45, 7) is 3.06. The molecule has 1 aromatic rings. The maximum absolute atomic E-state index is 13.2. The SMILES string of the molecule is CC1C(N)CCN1Cc1ccc(F)c(C(F)(F)F)c1. The summed E-state index contributed by atoms with van der Waals surface area (Å²) >= 11 is 0. The molecule has 1 saturated heterocycles.